The van der Waals surface area contributed by atoms with E-state index in [0.29, 0.717) is 6.42 Å². The van der Waals surface area contributed by atoms with E-state index in [0.717, 1.165) is 22.7 Å². The van der Waals surface area contributed by atoms with Crippen molar-refractivity contribution in [3.63, 3.8) is 0 Å². The van der Waals surface area contributed by atoms with Gasteiger partial charge in [-0.3, -0.25) is 4.79 Å². The van der Waals surface area contributed by atoms with Crippen LogP contribution in [0.5, 0.6) is 11.5 Å². The molecule has 0 aliphatic carbocycles. The molecule has 0 N–H and O–H groups in total. The van der Waals surface area contributed by atoms with E-state index in [2.05, 4.69) is 0 Å². The van der Waals surface area contributed by atoms with Crippen molar-refractivity contribution < 1.29 is 14.3 Å². The summed E-state index contributed by atoms with van der Waals surface area (Å²) in [4.78, 5) is 13.8. The first-order valence-electron chi connectivity index (χ1n) is 6.83. The Hall–Kier alpha value is -2.49. The lowest BCUT2D eigenvalue weighted by Gasteiger charge is -2.41. The van der Waals surface area contributed by atoms with Gasteiger partial charge in [-0.15, -0.1) is 0 Å². The molecule has 21 heavy (non-hydrogen) atoms. The second-order valence-corrected chi connectivity index (χ2v) is 4.93. The molecule has 108 valence electrons. The van der Waals surface area contributed by atoms with Gasteiger partial charge in [0.05, 0.1) is 26.7 Å². The molecule has 1 saturated heterocycles. The Morgan fingerprint density at radius 1 is 1.05 bits per heavy atom. The van der Waals surface area contributed by atoms with Crippen LogP contribution in [-0.4, -0.2) is 20.1 Å². The first-order chi connectivity index (χ1) is 10.2. The summed E-state index contributed by atoms with van der Waals surface area (Å²) in [5.74, 6) is 1.62. The van der Waals surface area contributed by atoms with Gasteiger partial charge in [-0.25, -0.2) is 0 Å². The predicted octanol–water partition coefficient (Wildman–Crippen LogP) is 3.18. The van der Waals surface area contributed by atoms with E-state index in [1.807, 2.05) is 53.4 Å². The minimum Gasteiger partial charge on any atom is -0.497 e. The molecule has 1 aliphatic heterocycles. The summed E-state index contributed by atoms with van der Waals surface area (Å²) in [6.07, 6.45) is 0.498. The molecular formula is C17H17NO3. The highest BCUT2D eigenvalue weighted by atomic mass is 16.5. The van der Waals surface area contributed by atoms with Crippen molar-refractivity contribution >= 4 is 11.6 Å². The van der Waals surface area contributed by atoms with Gasteiger partial charge >= 0.3 is 0 Å². The monoisotopic (exact) mass is 283 g/mol. The molecule has 0 spiro atoms. The molecule has 4 heteroatoms. The van der Waals surface area contributed by atoms with Gasteiger partial charge in [-0.2, -0.15) is 0 Å². The van der Waals surface area contributed by atoms with Gasteiger partial charge in [0, 0.05) is 17.3 Å². The summed E-state index contributed by atoms with van der Waals surface area (Å²) in [5, 5.41) is 0. The molecule has 1 fully saturated rings. The average molecular weight is 283 g/mol. The van der Waals surface area contributed by atoms with E-state index in [1.165, 1.54) is 0 Å². The Morgan fingerprint density at radius 2 is 1.81 bits per heavy atom. The summed E-state index contributed by atoms with van der Waals surface area (Å²) in [5.41, 5.74) is 1.92. The van der Waals surface area contributed by atoms with Crippen molar-refractivity contribution in [2.75, 3.05) is 19.1 Å². The van der Waals surface area contributed by atoms with Crippen LogP contribution in [0.25, 0.3) is 0 Å². The van der Waals surface area contributed by atoms with Crippen LogP contribution in [0, 0.1) is 0 Å². The quantitative estimate of drug-likeness (QED) is 0.809. The van der Waals surface area contributed by atoms with Gasteiger partial charge in [0.2, 0.25) is 5.91 Å². The summed E-state index contributed by atoms with van der Waals surface area (Å²) in [6.45, 7) is 0. The molecule has 2 aromatic carbocycles. The van der Waals surface area contributed by atoms with Crippen LogP contribution in [0.1, 0.15) is 18.0 Å². The number of nitrogens with zero attached hydrogens (tertiary/aromatic N) is 1. The summed E-state index contributed by atoms with van der Waals surface area (Å²) >= 11 is 0. The highest BCUT2D eigenvalue weighted by Gasteiger charge is 2.39. The second-order valence-electron chi connectivity index (χ2n) is 4.93. The second kappa shape index (κ2) is 5.48. The zero-order valence-electron chi connectivity index (χ0n) is 12.1. The molecule has 3 rings (SSSR count). The van der Waals surface area contributed by atoms with Crippen LogP contribution in [0.3, 0.4) is 0 Å². The van der Waals surface area contributed by atoms with Gasteiger partial charge in [0.1, 0.15) is 11.5 Å². The number of rotatable bonds is 4. The minimum atomic E-state index is 0.0146. The molecule has 1 unspecified atom stereocenters. The number of benzene rings is 2. The molecule has 0 saturated carbocycles. The molecule has 4 nitrogen and oxygen atoms in total. The van der Waals surface area contributed by atoms with Gasteiger partial charge in [0.25, 0.3) is 0 Å². The van der Waals surface area contributed by atoms with Crippen molar-refractivity contribution in [1.82, 2.24) is 0 Å². The van der Waals surface area contributed by atoms with Crippen LogP contribution < -0.4 is 14.4 Å². The zero-order chi connectivity index (χ0) is 14.8. The smallest absolute Gasteiger partial charge is 0.230 e. The SMILES string of the molecule is COc1ccc(C2CC(=O)N2c2ccccc2)c(OC)c1. The summed E-state index contributed by atoms with van der Waals surface area (Å²) in [6, 6.07) is 15.4. The maximum absolute atomic E-state index is 12.0. The molecule has 0 aromatic heterocycles. The van der Waals surface area contributed by atoms with Crippen molar-refractivity contribution in [1.29, 1.82) is 0 Å². The number of carbonyl (C=O) groups is 1. The number of anilines is 1. The third kappa shape index (κ3) is 2.33. The molecule has 2 aromatic rings. The van der Waals surface area contributed by atoms with E-state index in [9.17, 15) is 4.79 Å². The fraction of sp³-hybridized carbons (Fsp3) is 0.235. The average Bonchev–Trinajstić information content (AvgIpc) is 2.53. The van der Waals surface area contributed by atoms with Gasteiger partial charge < -0.3 is 14.4 Å². The Kier molecular flexibility index (Phi) is 3.52. The maximum atomic E-state index is 12.0. The number of hydrogen-bond donors (Lipinski definition) is 0. The number of carbonyl (C=O) groups excluding carboxylic acids is 1. The number of β-lactam (4-membered cyclic amide) rings is 1. The molecule has 1 atom stereocenters. The van der Waals surface area contributed by atoms with Crippen LogP contribution in [0.15, 0.2) is 48.5 Å². The zero-order valence-corrected chi connectivity index (χ0v) is 12.1. The van der Waals surface area contributed by atoms with Crippen LogP contribution in [-0.2, 0) is 4.79 Å². The van der Waals surface area contributed by atoms with Crippen LogP contribution in [0.4, 0.5) is 5.69 Å². The van der Waals surface area contributed by atoms with Crippen molar-refractivity contribution in [2.45, 2.75) is 12.5 Å². The highest BCUT2D eigenvalue weighted by molar-refractivity contribution is 6.01. The van der Waals surface area contributed by atoms with E-state index in [4.69, 9.17) is 9.47 Å². The fourth-order valence-corrected chi connectivity index (χ4v) is 2.67. The lowest BCUT2D eigenvalue weighted by Crippen LogP contribution is -2.46. The van der Waals surface area contributed by atoms with Crippen molar-refractivity contribution in [3.8, 4) is 11.5 Å². The molecule has 1 heterocycles. The van der Waals surface area contributed by atoms with Gasteiger partial charge in [0.15, 0.2) is 0 Å². The topological polar surface area (TPSA) is 38.8 Å². The van der Waals surface area contributed by atoms with Crippen molar-refractivity contribution in [3.05, 3.63) is 54.1 Å². The Bertz CT molecular complexity index is 654. The number of ether oxygens (including phenoxy) is 2. The van der Waals surface area contributed by atoms with Gasteiger partial charge in [-0.05, 0) is 24.3 Å². The number of hydrogen-bond acceptors (Lipinski definition) is 3. The third-order valence-electron chi connectivity index (χ3n) is 3.78. The standard InChI is InChI=1S/C17H17NO3/c1-20-13-8-9-14(16(10-13)21-2)15-11-17(19)18(15)12-6-4-3-5-7-12/h3-10,15H,11H2,1-2H3. The van der Waals surface area contributed by atoms with Crippen molar-refractivity contribution in [2.24, 2.45) is 0 Å². The predicted molar refractivity (Wildman–Crippen MR) is 80.8 cm³/mol. The molecule has 1 aliphatic rings. The van der Waals surface area contributed by atoms with E-state index in [1.54, 1.807) is 14.2 Å². The Balaban J connectivity index is 1.95. The van der Waals surface area contributed by atoms with E-state index >= 15 is 0 Å². The van der Waals surface area contributed by atoms with E-state index < -0.39 is 0 Å². The first-order valence-corrected chi connectivity index (χ1v) is 6.83. The lowest BCUT2D eigenvalue weighted by molar-refractivity contribution is -0.124. The first kappa shape index (κ1) is 13.5. The minimum absolute atomic E-state index is 0.0146. The van der Waals surface area contributed by atoms with Crippen LogP contribution >= 0.6 is 0 Å². The van der Waals surface area contributed by atoms with Gasteiger partial charge in [-0.1, -0.05) is 18.2 Å². The summed E-state index contributed by atoms with van der Waals surface area (Å²) in [7, 11) is 3.25. The Morgan fingerprint density at radius 3 is 2.43 bits per heavy atom. The summed E-state index contributed by atoms with van der Waals surface area (Å²) < 4.78 is 10.7. The maximum Gasteiger partial charge on any atom is 0.230 e. The largest absolute Gasteiger partial charge is 0.497 e. The number of methoxy groups -OCH3 is 2. The molecule has 1 amide bonds. The molecular weight excluding hydrogens is 266 g/mol. The normalized spacial score (nSPS) is 17.3. The fourth-order valence-electron chi connectivity index (χ4n) is 2.67. The number of amides is 1. The lowest BCUT2D eigenvalue weighted by atomic mass is 9.92. The van der Waals surface area contributed by atoms with Crippen LogP contribution in [0.2, 0.25) is 0 Å². The highest BCUT2D eigenvalue weighted by Crippen LogP contribution is 2.43. The molecule has 0 bridgehead atoms. The Labute approximate surface area is 123 Å². The number of para-hydroxylation sites is 1. The third-order valence-corrected chi connectivity index (χ3v) is 3.78. The van der Waals surface area contributed by atoms with E-state index in [-0.39, 0.29) is 11.9 Å². The molecule has 0 radical (unpaired) electrons.